The molecule has 5 heteroatoms. The zero-order valence-corrected chi connectivity index (χ0v) is 11.1. The second kappa shape index (κ2) is 4.73. The highest BCUT2D eigenvalue weighted by atomic mass is 127. The number of anilines is 3. The summed E-state index contributed by atoms with van der Waals surface area (Å²) in [7, 11) is 0. The minimum absolute atomic E-state index is 0.746. The molecule has 0 bridgehead atoms. The molecule has 0 aliphatic rings. The van der Waals surface area contributed by atoms with Crippen molar-refractivity contribution in [2.75, 3.05) is 11.1 Å². The Labute approximate surface area is 108 Å². The number of aromatic nitrogens is 2. The highest BCUT2D eigenvalue weighted by molar-refractivity contribution is 14.1. The van der Waals surface area contributed by atoms with Crippen molar-refractivity contribution < 1.29 is 0 Å². The van der Waals surface area contributed by atoms with E-state index in [9.17, 15) is 0 Å². The van der Waals surface area contributed by atoms with Crippen molar-refractivity contribution in [3.63, 3.8) is 0 Å². The highest BCUT2D eigenvalue weighted by Crippen LogP contribution is 2.24. The van der Waals surface area contributed by atoms with Gasteiger partial charge in [-0.05, 0) is 47.7 Å². The number of rotatable bonds is 3. The van der Waals surface area contributed by atoms with Gasteiger partial charge in [0.2, 0.25) is 0 Å². The van der Waals surface area contributed by atoms with Crippen LogP contribution in [0.15, 0.2) is 30.6 Å². The molecule has 0 amide bonds. The minimum atomic E-state index is 0.746. The molecule has 0 saturated heterocycles. The van der Waals surface area contributed by atoms with Gasteiger partial charge in [-0.3, -0.25) is 4.68 Å². The van der Waals surface area contributed by atoms with Crippen molar-refractivity contribution in [3.8, 4) is 0 Å². The lowest BCUT2D eigenvalue weighted by Crippen LogP contribution is -1.96. The summed E-state index contributed by atoms with van der Waals surface area (Å²) in [5.41, 5.74) is 8.53. The van der Waals surface area contributed by atoms with Crippen LogP contribution in [0.4, 0.5) is 17.1 Å². The Hall–Kier alpha value is -1.24. The van der Waals surface area contributed by atoms with Gasteiger partial charge in [0, 0.05) is 16.3 Å². The van der Waals surface area contributed by atoms with Crippen LogP contribution < -0.4 is 11.1 Å². The van der Waals surface area contributed by atoms with E-state index in [0.717, 1.165) is 27.2 Å². The first-order valence-corrected chi connectivity index (χ1v) is 6.11. The van der Waals surface area contributed by atoms with E-state index in [1.165, 1.54) is 0 Å². The smallest absolute Gasteiger partial charge is 0.0771 e. The van der Waals surface area contributed by atoms with E-state index in [-0.39, 0.29) is 0 Å². The lowest BCUT2D eigenvalue weighted by Gasteiger charge is -2.07. The Morgan fingerprint density at radius 1 is 1.50 bits per heavy atom. The molecule has 0 radical (unpaired) electrons. The second-order valence-electron chi connectivity index (χ2n) is 3.44. The van der Waals surface area contributed by atoms with Gasteiger partial charge in [-0.2, -0.15) is 5.10 Å². The topological polar surface area (TPSA) is 55.9 Å². The van der Waals surface area contributed by atoms with Crippen LogP contribution in [-0.4, -0.2) is 9.78 Å². The fraction of sp³-hybridized carbons (Fsp3) is 0.182. The predicted molar refractivity (Wildman–Crippen MR) is 74.8 cm³/mol. The summed E-state index contributed by atoms with van der Waals surface area (Å²) in [6.07, 6.45) is 3.75. The van der Waals surface area contributed by atoms with Gasteiger partial charge < -0.3 is 11.1 Å². The molecule has 0 atom stereocenters. The summed E-state index contributed by atoms with van der Waals surface area (Å²) in [5, 5.41) is 7.43. The van der Waals surface area contributed by atoms with E-state index >= 15 is 0 Å². The van der Waals surface area contributed by atoms with Crippen LogP contribution in [0.1, 0.15) is 6.92 Å². The van der Waals surface area contributed by atoms with Crippen LogP contribution in [0.3, 0.4) is 0 Å². The molecular weight excluding hydrogens is 315 g/mol. The van der Waals surface area contributed by atoms with Crippen molar-refractivity contribution in [3.05, 3.63) is 34.2 Å². The Morgan fingerprint density at radius 3 is 2.94 bits per heavy atom. The molecular formula is C11H13IN4. The standard InChI is InChI=1S/C11H13IN4/c1-2-16-7-9(6-14-16)15-11-4-3-8(12)5-10(11)13/h3-7,15H,2,13H2,1H3. The van der Waals surface area contributed by atoms with E-state index in [1.807, 2.05) is 29.1 Å². The summed E-state index contributed by atoms with van der Waals surface area (Å²) in [6, 6.07) is 5.93. The molecule has 1 aromatic carbocycles. The molecule has 16 heavy (non-hydrogen) atoms. The first-order chi connectivity index (χ1) is 7.69. The van der Waals surface area contributed by atoms with Crippen LogP contribution in [0, 0.1) is 3.57 Å². The largest absolute Gasteiger partial charge is 0.397 e. The number of nitrogen functional groups attached to an aromatic ring is 1. The van der Waals surface area contributed by atoms with Gasteiger partial charge in [0.15, 0.2) is 0 Å². The first-order valence-electron chi connectivity index (χ1n) is 5.03. The number of nitrogens with two attached hydrogens (primary N) is 1. The lowest BCUT2D eigenvalue weighted by atomic mass is 10.2. The Balaban J connectivity index is 2.20. The van der Waals surface area contributed by atoms with Gasteiger partial charge in [-0.25, -0.2) is 0 Å². The third-order valence-electron chi connectivity index (χ3n) is 2.25. The summed E-state index contributed by atoms with van der Waals surface area (Å²) < 4.78 is 3.00. The molecule has 0 aliphatic carbocycles. The number of nitrogens with one attached hydrogen (secondary N) is 1. The van der Waals surface area contributed by atoms with Crippen LogP contribution in [-0.2, 0) is 6.54 Å². The zero-order chi connectivity index (χ0) is 11.5. The molecule has 0 unspecified atom stereocenters. The van der Waals surface area contributed by atoms with Gasteiger partial charge in [-0.1, -0.05) is 0 Å². The lowest BCUT2D eigenvalue weighted by molar-refractivity contribution is 0.660. The van der Waals surface area contributed by atoms with E-state index in [4.69, 9.17) is 5.73 Å². The van der Waals surface area contributed by atoms with Crippen molar-refractivity contribution in [1.29, 1.82) is 0 Å². The van der Waals surface area contributed by atoms with Crippen molar-refractivity contribution in [2.45, 2.75) is 13.5 Å². The number of halogens is 1. The van der Waals surface area contributed by atoms with Gasteiger partial charge in [-0.15, -0.1) is 0 Å². The fourth-order valence-corrected chi connectivity index (χ4v) is 1.92. The van der Waals surface area contributed by atoms with Gasteiger partial charge in [0.25, 0.3) is 0 Å². The third kappa shape index (κ3) is 2.46. The molecule has 84 valence electrons. The minimum Gasteiger partial charge on any atom is -0.397 e. The number of hydrogen-bond donors (Lipinski definition) is 2. The Bertz CT molecular complexity index is 492. The number of aryl methyl sites for hydroxylation is 1. The Kier molecular flexibility index (Phi) is 3.33. The maximum absolute atomic E-state index is 5.91. The molecule has 0 aliphatic heterocycles. The predicted octanol–water partition coefficient (Wildman–Crippen LogP) is 2.83. The molecule has 0 spiro atoms. The van der Waals surface area contributed by atoms with E-state index < -0.39 is 0 Å². The molecule has 4 nitrogen and oxygen atoms in total. The van der Waals surface area contributed by atoms with Crippen molar-refractivity contribution >= 4 is 39.7 Å². The monoisotopic (exact) mass is 328 g/mol. The fourth-order valence-electron chi connectivity index (χ4n) is 1.40. The van der Waals surface area contributed by atoms with Crippen molar-refractivity contribution in [1.82, 2.24) is 9.78 Å². The quantitative estimate of drug-likeness (QED) is 0.673. The normalized spacial score (nSPS) is 10.4. The molecule has 0 fully saturated rings. The summed E-state index contributed by atoms with van der Waals surface area (Å²) in [5.74, 6) is 0. The SMILES string of the molecule is CCn1cc(Nc2ccc(I)cc2N)cn1. The van der Waals surface area contributed by atoms with Crippen LogP contribution >= 0.6 is 22.6 Å². The van der Waals surface area contributed by atoms with E-state index in [2.05, 4.69) is 39.9 Å². The average Bonchev–Trinajstić information content (AvgIpc) is 2.70. The van der Waals surface area contributed by atoms with Gasteiger partial charge in [0.05, 0.1) is 23.3 Å². The van der Waals surface area contributed by atoms with E-state index in [1.54, 1.807) is 6.20 Å². The second-order valence-corrected chi connectivity index (χ2v) is 4.69. The van der Waals surface area contributed by atoms with Crippen LogP contribution in [0.5, 0.6) is 0 Å². The molecule has 3 N–H and O–H groups in total. The molecule has 1 aromatic heterocycles. The highest BCUT2D eigenvalue weighted by Gasteiger charge is 2.02. The van der Waals surface area contributed by atoms with Crippen LogP contribution in [0.2, 0.25) is 0 Å². The van der Waals surface area contributed by atoms with Crippen molar-refractivity contribution in [2.24, 2.45) is 0 Å². The first kappa shape index (κ1) is 11.3. The third-order valence-corrected chi connectivity index (χ3v) is 2.92. The maximum atomic E-state index is 5.91. The average molecular weight is 328 g/mol. The molecule has 1 heterocycles. The number of benzene rings is 1. The summed E-state index contributed by atoms with van der Waals surface area (Å²) in [6.45, 7) is 2.92. The zero-order valence-electron chi connectivity index (χ0n) is 8.94. The number of hydrogen-bond acceptors (Lipinski definition) is 3. The van der Waals surface area contributed by atoms with E-state index in [0.29, 0.717) is 0 Å². The maximum Gasteiger partial charge on any atom is 0.0771 e. The number of nitrogens with zero attached hydrogens (tertiary/aromatic N) is 2. The molecule has 0 saturated carbocycles. The van der Waals surface area contributed by atoms with Gasteiger partial charge >= 0.3 is 0 Å². The summed E-state index contributed by atoms with van der Waals surface area (Å²) in [4.78, 5) is 0. The summed E-state index contributed by atoms with van der Waals surface area (Å²) >= 11 is 2.24. The Morgan fingerprint density at radius 2 is 2.31 bits per heavy atom. The van der Waals surface area contributed by atoms with Crippen LogP contribution in [0.25, 0.3) is 0 Å². The van der Waals surface area contributed by atoms with Gasteiger partial charge in [0.1, 0.15) is 0 Å². The molecule has 2 aromatic rings. The molecule has 2 rings (SSSR count).